The van der Waals surface area contributed by atoms with Crippen LogP contribution in [0.3, 0.4) is 0 Å². The normalized spacial score (nSPS) is 21.3. The number of hydrogen-bond donors (Lipinski definition) is 3. The van der Waals surface area contributed by atoms with Gasteiger partial charge in [-0.3, -0.25) is 19.4 Å². The lowest BCUT2D eigenvalue weighted by Crippen LogP contribution is -2.40. The molecular weight excluding hydrogens is 370 g/mol. The third-order valence-corrected chi connectivity index (χ3v) is 5.50. The molecule has 0 radical (unpaired) electrons. The van der Waals surface area contributed by atoms with Gasteiger partial charge in [-0.1, -0.05) is 19.1 Å². The molecule has 0 unspecified atom stereocenters. The first-order valence-corrected chi connectivity index (χ1v) is 9.97. The van der Waals surface area contributed by atoms with Crippen molar-refractivity contribution in [1.82, 2.24) is 9.97 Å². The van der Waals surface area contributed by atoms with Crippen molar-refractivity contribution in [3.8, 4) is 0 Å². The SMILES string of the molecule is Cc1cccc(NC(=O)[C@@H]2CC(=O)Nc3nc(N4CCC[C@H](C)C4)[nH]c(=O)c32)c1. The monoisotopic (exact) mass is 395 g/mol. The summed E-state index contributed by atoms with van der Waals surface area (Å²) < 4.78 is 0. The van der Waals surface area contributed by atoms with E-state index in [0.29, 0.717) is 17.6 Å². The Balaban J connectivity index is 1.65. The van der Waals surface area contributed by atoms with Gasteiger partial charge in [0.25, 0.3) is 5.56 Å². The number of aryl methyl sites for hydroxylation is 1. The highest BCUT2D eigenvalue weighted by molar-refractivity contribution is 6.04. The Bertz CT molecular complexity index is 1020. The van der Waals surface area contributed by atoms with Crippen LogP contribution in [0.5, 0.6) is 0 Å². The quantitative estimate of drug-likeness (QED) is 0.740. The van der Waals surface area contributed by atoms with E-state index in [-0.39, 0.29) is 29.3 Å². The maximum atomic E-state index is 12.9. The first-order chi connectivity index (χ1) is 13.9. The van der Waals surface area contributed by atoms with Crippen LogP contribution in [0.15, 0.2) is 29.1 Å². The summed E-state index contributed by atoms with van der Waals surface area (Å²) in [4.78, 5) is 47.4. The molecule has 0 saturated carbocycles. The molecule has 1 aromatic carbocycles. The smallest absolute Gasteiger partial charge is 0.258 e. The number of rotatable bonds is 3. The van der Waals surface area contributed by atoms with Crippen molar-refractivity contribution in [3.05, 3.63) is 45.7 Å². The number of nitrogens with zero attached hydrogens (tertiary/aromatic N) is 2. The van der Waals surface area contributed by atoms with E-state index in [2.05, 4.69) is 27.5 Å². The molecule has 0 bridgehead atoms. The first-order valence-electron chi connectivity index (χ1n) is 9.97. The average Bonchev–Trinajstić information content (AvgIpc) is 2.67. The molecule has 29 heavy (non-hydrogen) atoms. The first kappa shape index (κ1) is 19.2. The van der Waals surface area contributed by atoms with Gasteiger partial charge in [-0.2, -0.15) is 4.98 Å². The molecule has 3 N–H and O–H groups in total. The van der Waals surface area contributed by atoms with Crippen molar-refractivity contribution >= 4 is 29.3 Å². The zero-order chi connectivity index (χ0) is 20.5. The number of carbonyl (C=O) groups is 2. The van der Waals surface area contributed by atoms with Crippen LogP contribution < -0.4 is 21.1 Å². The van der Waals surface area contributed by atoms with E-state index in [0.717, 1.165) is 31.5 Å². The van der Waals surface area contributed by atoms with Crippen LogP contribution in [0, 0.1) is 12.8 Å². The van der Waals surface area contributed by atoms with Crippen LogP contribution in [0.2, 0.25) is 0 Å². The van der Waals surface area contributed by atoms with Gasteiger partial charge in [0.2, 0.25) is 17.8 Å². The molecule has 2 atom stereocenters. The van der Waals surface area contributed by atoms with E-state index < -0.39 is 11.8 Å². The van der Waals surface area contributed by atoms with Crippen LogP contribution in [0.1, 0.15) is 43.2 Å². The van der Waals surface area contributed by atoms with E-state index in [1.807, 2.05) is 30.0 Å². The molecule has 2 aliphatic heterocycles. The Hall–Kier alpha value is -3.16. The van der Waals surface area contributed by atoms with Crippen LogP contribution in [0.4, 0.5) is 17.5 Å². The Labute approximate surface area is 168 Å². The molecule has 1 aromatic heterocycles. The largest absolute Gasteiger partial charge is 0.342 e. The summed E-state index contributed by atoms with van der Waals surface area (Å²) in [6, 6.07) is 7.38. The van der Waals surface area contributed by atoms with Crippen LogP contribution in [0.25, 0.3) is 0 Å². The summed E-state index contributed by atoms with van der Waals surface area (Å²) in [5.74, 6) is -0.461. The second-order valence-electron chi connectivity index (χ2n) is 8.01. The number of nitrogens with one attached hydrogen (secondary N) is 3. The maximum absolute atomic E-state index is 12.9. The summed E-state index contributed by atoms with van der Waals surface area (Å²) >= 11 is 0. The topological polar surface area (TPSA) is 107 Å². The van der Waals surface area contributed by atoms with E-state index in [4.69, 9.17) is 0 Å². The molecule has 3 heterocycles. The minimum atomic E-state index is -0.884. The van der Waals surface area contributed by atoms with Crippen molar-refractivity contribution in [2.45, 2.75) is 39.0 Å². The molecule has 2 aromatic rings. The van der Waals surface area contributed by atoms with Gasteiger partial charge in [-0.15, -0.1) is 0 Å². The second kappa shape index (κ2) is 7.69. The molecule has 1 fully saturated rings. The number of hydrogen-bond acceptors (Lipinski definition) is 5. The van der Waals surface area contributed by atoms with E-state index >= 15 is 0 Å². The van der Waals surface area contributed by atoms with E-state index in [1.54, 1.807) is 6.07 Å². The minimum absolute atomic E-state index is 0.0878. The lowest BCUT2D eigenvalue weighted by Gasteiger charge is -2.32. The fraction of sp³-hybridized carbons (Fsp3) is 0.429. The number of aromatic amines is 1. The van der Waals surface area contributed by atoms with E-state index in [1.165, 1.54) is 0 Å². The Morgan fingerprint density at radius 2 is 2.14 bits per heavy atom. The number of aromatic nitrogens is 2. The van der Waals surface area contributed by atoms with Gasteiger partial charge in [0.15, 0.2) is 0 Å². The van der Waals surface area contributed by atoms with Crippen LogP contribution >= 0.6 is 0 Å². The molecule has 2 aliphatic rings. The molecule has 0 aliphatic carbocycles. The summed E-state index contributed by atoms with van der Waals surface area (Å²) in [5, 5.41) is 5.49. The van der Waals surface area contributed by atoms with Crippen molar-refractivity contribution in [3.63, 3.8) is 0 Å². The Kier molecular flexibility index (Phi) is 5.08. The van der Waals surface area contributed by atoms with Gasteiger partial charge < -0.3 is 15.5 Å². The Morgan fingerprint density at radius 1 is 1.31 bits per heavy atom. The number of anilines is 3. The predicted octanol–water partition coefficient (Wildman–Crippen LogP) is 2.38. The number of H-pyrrole nitrogens is 1. The van der Waals surface area contributed by atoms with Gasteiger partial charge in [0, 0.05) is 25.2 Å². The Morgan fingerprint density at radius 3 is 2.90 bits per heavy atom. The number of fused-ring (bicyclic) bond motifs is 1. The van der Waals surface area contributed by atoms with Gasteiger partial charge >= 0.3 is 0 Å². The average molecular weight is 395 g/mol. The van der Waals surface area contributed by atoms with Crippen molar-refractivity contribution in [1.29, 1.82) is 0 Å². The third kappa shape index (κ3) is 4.01. The highest BCUT2D eigenvalue weighted by Gasteiger charge is 2.35. The van der Waals surface area contributed by atoms with Crippen molar-refractivity contribution in [2.75, 3.05) is 28.6 Å². The number of carbonyl (C=O) groups excluding carboxylic acids is 2. The number of benzene rings is 1. The van der Waals surface area contributed by atoms with Gasteiger partial charge in [0.05, 0.1) is 11.5 Å². The second-order valence-corrected chi connectivity index (χ2v) is 8.01. The molecule has 4 rings (SSSR count). The molecule has 8 heteroatoms. The lowest BCUT2D eigenvalue weighted by atomic mass is 9.92. The zero-order valence-corrected chi connectivity index (χ0v) is 16.6. The van der Waals surface area contributed by atoms with Crippen molar-refractivity contribution < 1.29 is 9.59 Å². The summed E-state index contributed by atoms with van der Waals surface area (Å²) in [6.45, 7) is 5.69. The number of amides is 2. The highest BCUT2D eigenvalue weighted by Crippen LogP contribution is 2.31. The lowest BCUT2D eigenvalue weighted by molar-refractivity contribution is -0.123. The fourth-order valence-corrected chi connectivity index (χ4v) is 4.07. The summed E-state index contributed by atoms with van der Waals surface area (Å²) in [5.41, 5.74) is 1.46. The molecular formula is C21H25N5O3. The molecule has 1 saturated heterocycles. The standard InChI is InChI=1S/C21H25N5O3/c1-12-5-3-7-14(9-12)22-19(28)15-10-16(27)23-18-17(15)20(29)25-21(24-18)26-8-4-6-13(2)11-26/h3,5,7,9,13,15H,4,6,8,10-11H2,1-2H3,(H,22,28)(H2,23,24,25,27,29)/t13-,15+/m0/s1. The highest BCUT2D eigenvalue weighted by atomic mass is 16.2. The van der Waals surface area contributed by atoms with Gasteiger partial charge in [-0.05, 0) is 43.4 Å². The van der Waals surface area contributed by atoms with Crippen LogP contribution in [-0.4, -0.2) is 34.9 Å². The summed E-state index contributed by atoms with van der Waals surface area (Å²) in [6.07, 6.45) is 2.08. The number of piperidine rings is 1. The van der Waals surface area contributed by atoms with Crippen LogP contribution in [-0.2, 0) is 9.59 Å². The molecule has 8 nitrogen and oxygen atoms in total. The van der Waals surface area contributed by atoms with Gasteiger partial charge in [-0.25, -0.2) is 0 Å². The fourth-order valence-electron chi connectivity index (χ4n) is 4.07. The minimum Gasteiger partial charge on any atom is -0.342 e. The predicted molar refractivity (Wildman–Crippen MR) is 111 cm³/mol. The zero-order valence-electron chi connectivity index (χ0n) is 16.6. The maximum Gasteiger partial charge on any atom is 0.258 e. The van der Waals surface area contributed by atoms with E-state index in [9.17, 15) is 14.4 Å². The molecule has 0 spiro atoms. The third-order valence-electron chi connectivity index (χ3n) is 5.50. The summed E-state index contributed by atoms with van der Waals surface area (Å²) in [7, 11) is 0. The molecule has 2 amide bonds. The van der Waals surface area contributed by atoms with Gasteiger partial charge in [0.1, 0.15) is 5.82 Å². The molecule has 152 valence electrons. The van der Waals surface area contributed by atoms with Crippen molar-refractivity contribution in [2.24, 2.45) is 5.92 Å².